The van der Waals surface area contributed by atoms with Crippen LogP contribution in [0.4, 0.5) is 5.69 Å². The van der Waals surface area contributed by atoms with Gasteiger partial charge in [0.1, 0.15) is 24.7 Å². The smallest absolute Gasteiger partial charge is 0.119 e. The van der Waals surface area contributed by atoms with Crippen LogP contribution in [0.2, 0.25) is 0 Å². The number of nitrogens with zero attached hydrogens (tertiary/aromatic N) is 1. The Bertz CT molecular complexity index is 1020. The minimum absolute atomic E-state index is 0.534. The molecule has 0 aliphatic carbocycles. The number of thiol groups is 1. The molecule has 0 aliphatic heterocycles. The first kappa shape index (κ1) is 25.9. The molecule has 5 nitrogen and oxygen atoms in total. The zero-order valence-electron chi connectivity index (χ0n) is 20.5. The summed E-state index contributed by atoms with van der Waals surface area (Å²) in [4.78, 5) is 3.04. The highest BCUT2D eigenvalue weighted by atomic mass is 32.1. The summed E-state index contributed by atoms with van der Waals surface area (Å²) < 4.78 is 22.3. The van der Waals surface area contributed by atoms with Crippen molar-refractivity contribution < 1.29 is 18.9 Å². The lowest BCUT2D eigenvalue weighted by molar-refractivity contribution is 0.110. The third-order valence-corrected chi connectivity index (χ3v) is 5.67. The number of hydrogen-bond donors (Lipinski definition) is 1. The van der Waals surface area contributed by atoms with Crippen LogP contribution >= 0.6 is 12.6 Å². The number of ether oxygens (including phenoxy) is 4. The molecule has 0 saturated carbocycles. The van der Waals surface area contributed by atoms with Crippen LogP contribution in [0.5, 0.6) is 11.5 Å². The SMILES string of the molecule is CCOCCOc1ccc(-c2ccc(S)c(N(C)C)c2-c2ccc(OCCOCC)cc2)cc1. The summed E-state index contributed by atoms with van der Waals surface area (Å²) in [6.07, 6.45) is 0. The van der Waals surface area contributed by atoms with Crippen LogP contribution in [-0.2, 0) is 9.47 Å². The van der Waals surface area contributed by atoms with Crippen molar-refractivity contribution in [2.45, 2.75) is 18.7 Å². The number of hydrogen-bond acceptors (Lipinski definition) is 6. The minimum atomic E-state index is 0.534. The molecule has 0 unspecified atom stereocenters. The summed E-state index contributed by atoms with van der Waals surface area (Å²) in [5.41, 5.74) is 5.54. The fourth-order valence-electron chi connectivity index (χ4n) is 3.74. The molecule has 3 aromatic rings. The number of anilines is 1. The van der Waals surface area contributed by atoms with Crippen molar-refractivity contribution >= 4 is 18.3 Å². The van der Waals surface area contributed by atoms with E-state index in [4.69, 9.17) is 31.6 Å². The largest absolute Gasteiger partial charge is 0.491 e. The van der Waals surface area contributed by atoms with Crippen molar-refractivity contribution in [2.75, 3.05) is 58.6 Å². The summed E-state index contributed by atoms with van der Waals surface area (Å²) in [6, 6.07) is 20.6. The topological polar surface area (TPSA) is 40.2 Å². The third-order valence-electron chi connectivity index (χ3n) is 5.31. The fraction of sp³-hybridized carbons (Fsp3) is 0.357. The molecule has 0 radical (unpaired) electrons. The van der Waals surface area contributed by atoms with Crippen LogP contribution < -0.4 is 14.4 Å². The Labute approximate surface area is 209 Å². The molecule has 0 aromatic heterocycles. The normalized spacial score (nSPS) is 10.9. The monoisotopic (exact) mass is 481 g/mol. The van der Waals surface area contributed by atoms with Crippen molar-refractivity contribution in [3.05, 3.63) is 60.7 Å². The van der Waals surface area contributed by atoms with Gasteiger partial charge < -0.3 is 23.8 Å². The standard InChI is InChI=1S/C28H35NO4S/c1-5-30-17-19-32-23-11-7-21(8-12-23)25-15-16-26(34)28(29(3)4)27(25)22-9-13-24(14-10-22)33-20-18-31-6-2/h7-16,34H,5-6,17-20H2,1-4H3. The van der Waals surface area contributed by atoms with Crippen molar-refractivity contribution in [2.24, 2.45) is 0 Å². The van der Waals surface area contributed by atoms with Gasteiger partial charge in [-0.3, -0.25) is 0 Å². The lowest BCUT2D eigenvalue weighted by atomic mass is 9.92. The van der Waals surface area contributed by atoms with Gasteiger partial charge in [-0.1, -0.05) is 30.3 Å². The minimum Gasteiger partial charge on any atom is -0.491 e. The first-order valence-electron chi connectivity index (χ1n) is 11.7. The number of rotatable bonds is 13. The molecular formula is C28H35NO4S. The molecule has 0 saturated heterocycles. The average molecular weight is 482 g/mol. The van der Waals surface area contributed by atoms with Crippen LogP contribution in [0.25, 0.3) is 22.3 Å². The van der Waals surface area contributed by atoms with Gasteiger partial charge in [-0.25, -0.2) is 0 Å². The van der Waals surface area contributed by atoms with E-state index in [1.165, 1.54) is 0 Å². The van der Waals surface area contributed by atoms with E-state index in [0.717, 1.165) is 44.3 Å². The average Bonchev–Trinajstić information content (AvgIpc) is 2.85. The zero-order valence-corrected chi connectivity index (χ0v) is 21.4. The molecule has 3 aromatic carbocycles. The first-order chi connectivity index (χ1) is 16.5. The van der Waals surface area contributed by atoms with E-state index in [0.29, 0.717) is 39.6 Å². The van der Waals surface area contributed by atoms with E-state index in [-0.39, 0.29) is 0 Å². The van der Waals surface area contributed by atoms with Gasteiger partial charge in [-0.15, -0.1) is 12.6 Å². The molecule has 0 amide bonds. The van der Waals surface area contributed by atoms with Crippen LogP contribution in [0.1, 0.15) is 13.8 Å². The lowest BCUT2D eigenvalue weighted by Crippen LogP contribution is -2.11. The van der Waals surface area contributed by atoms with E-state index in [9.17, 15) is 0 Å². The Morgan fingerprint density at radius 3 is 1.62 bits per heavy atom. The highest BCUT2D eigenvalue weighted by Gasteiger charge is 2.17. The fourth-order valence-corrected chi connectivity index (χ4v) is 4.13. The van der Waals surface area contributed by atoms with Gasteiger partial charge in [0.25, 0.3) is 0 Å². The molecule has 0 heterocycles. The maximum absolute atomic E-state index is 5.80. The van der Waals surface area contributed by atoms with E-state index in [1.807, 2.05) is 52.2 Å². The second-order valence-corrected chi connectivity index (χ2v) is 8.37. The molecule has 0 aliphatic rings. The van der Waals surface area contributed by atoms with Crippen LogP contribution in [0, 0.1) is 0 Å². The van der Waals surface area contributed by atoms with Crippen molar-refractivity contribution in [1.29, 1.82) is 0 Å². The van der Waals surface area contributed by atoms with E-state index < -0.39 is 0 Å². The third kappa shape index (κ3) is 6.92. The number of benzene rings is 3. The van der Waals surface area contributed by atoms with Gasteiger partial charge >= 0.3 is 0 Å². The second-order valence-electron chi connectivity index (χ2n) is 7.89. The molecular weight excluding hydrogens is 446 g/mol. The van der Waals surface area contributed by atoms with Crippen LogP contribution in [0.15, 0.2) is 65.6 Å². The molecule has 182 valence electrons. The Morgan fingerprint density at radius 1 is 0.647 bits per heavy atom. The molecule has 34 heavy (non-hydrogen) atoms. The van der Waals surface area contributed by atoms with Crippen molar-refractivity contribution in [3.8, 4) is 33.8 Å². The molecule has 6 heteroatoms. The summed E-state index contributed by atoms with van der Waals surface area (Å²) >= 11 is 4.76. The summed E-state index contributed by atoms with van der Waals surface area (Å²) in [7, 11) is 4.09. The van der Waals surface area contributed by atoms with Gasteiger partial charge in [-0.2, -0.15) is 0 Å². The highest BCUT2D eigenvalue weighted by Crippen LogP contribution is 2.43. The molecule has 0 N–H and O–H groups in total. The zero-order chi connectivity index (χ0) is 24.3. The van der Waals surface area contributed by atoms with Crippen LogP contribution in [0.3, 0.4) is 0 Å². The molecule has 0 bridgehead atoms. The second kappa shape index (κ2) is 13.3. The lowest BCUT2D eigenvalue weighted by Gasteiger charge is -2.23. The Hall–Kier alpha value is -2.67. The van der Waals surface area contributed by atoms with E-state index in [2.05, 4.69) is 41.3 Å². The van der Waals surface area contributed by atoms with Gasteiger partial charge in [0.15, 0.2) is 0 Å². The van der Waals surface area contributed by atoms with E-state index >= 15 is 0 Å². The Morgan fingerprint density at radius 2 is 1.15 bits per heavy atom. The predicted octanol–water partition coefficient (Wildman–Crippen LogP) is 6.21. The molecule has 0 spiro atoms. The van der Waals surface area contributed by atoms with Crippen molar-refractivity contribution in [3.63, 3.8) is 0 Å². The Kier molecular flexibility index (Phi) is 10.1. The quantitative estimate of drug-likeness (QED) is 0.232. The van der Waals surface area contributed by atoms with E-state index in [1.54, 1.807) is 0 Å². The van der Waals surface area contributed by atoms with Crippen molar-refractivity contribution in [1.82, 2.24) is 0 Å². The highest BCUT2D eigenvalue weighted by molar-refractivity contribution is 7.80. The molecule has 0 fully saturated rings. The first-order valence-corrected chi connectivity index (χ1v) is 12.1. The summed E-state index contributed by atoms with van der Waals surface area (Å²) in [6.45, 7) is 7.59. The van der Waals surface area contributed by atoms with Gasteiger partial charge in [0.05, 0.1) is 18.9 Å². The Balaban J connectivity index is 1.90. The maximum atomic E-state index is 5.80. The predicted molar refractivity (Wildman–Crippen MR) is 143 cm³/mol. The maximum Gasteiger partial charge on any atom is 0.119 e. The van der Waals surface area contributed by atoms with Crippen LogP contribution in [-0.4, -0.2) is 53.7 Å². The van der Waals surface area contributed by atoms with Gasteiger partial charge in [0, 0.05) is 37.8 Å². The van der Waals surface area contributed by atoms with Gasteiger partial charge in [0.2, 0.25) is 0 Å². The summed E-state index contributed by atoms with van der Waals surface area (Å²) in [5.74, 6) is 1.66. The summed E-state index contributed by atoms with van der Waals surface area (Å²) in [5, 5.41) is 0. The van der Waals surface area contributed by atoms with Gasteiger partial charge in [-0.05, 0) is 60.9 Å². The molecule has 0 atom stereocenters. The molecule has 3 rings (SSSR count).